The monoisotopic (exact) mass is 376 g/mol. The van der Waals surface area contributed by atoms with Crippen molar-refractivity contribution >= 4 is 39.1 Å². The summed E-state index contributed by atoms with van der Waals surface area (Å²) in [6.07, 6.45) is 0. The Kier molecular flexibility index (Phi) is 5.30. The van der Waals surface area contributed by atoms with Crippen molar-refractivity contribution in [2.75, 3.05) is 6.61 Å². The van der Waals surface area contributed by atoms with Crippen LogP contribution in [0.15, 0.2) is 36.4 Å². The highest BCUT2D eigenvalue weighted by Crippen LogP contribution is 2.40. The third-order valence-electron chi connectivity index (χ3n) is 2.77. The van der Waals surface area contributed by atoms with E-state index in [0.717, 1.165) is 11.1 Å². The second kappa shape index (κ2) is 6.79. The molecule has 1 nitrogen and oxygen atoms in total. The number of benzene rings is 2. The standard InChI is InChI=1S/C15H12BrCl2FO/c1-2-20-14-8-12(17)11(7-13(14)18)15(16)9-4-3-5-10(19)6-9/h3-8,15H,2H2,1H3. The van der Waals surface area contributed by atoms with E-state index in [1.54, 1.807) is 18.2 Å². The van der Waals surface area contributed by atoms with Crippen molar-refractivity contribution in [2.24, 2.45) is 0 Å². The van der Waals surface area contributed by atoms with Crippen LogP contribution in [0.2, 0.25) is 10.0 Å². The lowest BCUT2D eigenvalue weighted by molar-refractivity contribution is 0.340. The predicted octanol–water partition coefficient (Wildman–Crippen LogP) is 6.02. The third kappa shape index (κ3) is 3.46. The zero-order valence-corrected chi connectivity index (χ0v) is 13.8. The summed E-state index contributed by atoms with van der Waals surface area (Å²) in [5.41, 5.74) is 1.54. The minimum Gasteiger partial charge on any atom is -0.492 e. The summed E-state index contributed by atoms with van der Waals surface area (Å²) >= 11 is 15.9. The molecule has 1 atom stereocenters. The Balaban J connectivity index is 2.40. The molecule has 0 saturated carbocycles. The van der Waals surface area contributed by atoms with Gasteiger partial charge in [0.05, 0.1) is 16.5 Å². The molecule has 0 bridgehead atoms. The van der Waals surface area contributed by atoms with E-state index in [4.69, 9.17) is 27.9 Å². The van der Waals surface area contributed by atoms with E-state index < -0.39 is 0 Å². The number of alkyl halides is 1. The molecular formula is C15H12BrCl2FO. The molecule has 0 radical (unpaired) electrons. The van der Waals surface area contributed by atoms with E-state index in [1.807, 2.05) is 13.0 Å². The highest BCUT2D eigenvalue weighted by Gasteiger charge is 2.17. The molecule has 0 N–H and O–H groups in total. The molecule has 0 aliphatic carbocycles. The van der Waals surface area contributed by atoms with Crippen LogP contribution in [0.4, 0.5) is 4.39 Å². The lowest BCUT2D eigenvalue weighted by atomic mass is 10.0. The van der Waals surface area contributed by atoms with E-state index in [-0.39, 0.29) is 10.6 Å². The molecule has 106 valence electrons. The molecule has 0 aromatic heterocycles. The summed E-state index contributed by atoms with van der Waals surface area (Å²) in [5, 5.41) is 0.996. The van der Waals surface area contributed by atoms with Crippen molar-refractivity contribution in [1.29, 1.82) is 0 Å². The molecule has 0 amide bonds. The summed E-state index contributed by atoms with van der Waals surface area (Å²) in [6.45, 7) is 2.38. The van der Waals surface area contributed by atoms with Crippen molar-refractivity contribution in [3.8, 4) is 5.75 Å². The first-order valence-electron chi connectivity index (χ1n) is 6.04. The normalized spacial score (nSPS) is 12.2. The van der Waals surface area contributed by atoms with Gasteiger partial charge in [-0.05, 0) is 36.2 Å². The summed E-state index contributed by atoms with van der Waals surface area (Å²) in [7, 11) is 0. The molecule has 1 unspecified atom stereocenters. The van der Waals surface area contributed by atoms with Crippen molar-refractivity contribution < 1.29 is 9.13 Å². The van der Waals surface area contributed by atoms with Crippen LogP contribution in [0, 0.1) is 5.82 Å². The molecule has 0 spiro atoms. The molecule has 0 saturated heterocycles. The molecular weight excluding hydrogens is 366 g/mol. The lowest BCUT2D eigenvalue weighted by Gasteiger charge is -2.15. The van der Waals surface area contributed by atoms with Gasteiger partial charge in [-0.1, -0.05) is 51.3 Å². The topological polar surface area (TPSA) is 9.23 Å². The summed E-state index contributed by atoms with van der Waals surface area (Å²) < 4.78 is 18.7. The smallest absolute Gasteiger partial charge is 0.139 e. The SMILES string of the molecule is CCOc1cc(Cl)c(C(Br)c2cccc(F)c2)cc1Cl. The number of rotatable bonds is 4. The minimum absolute atomic E-state index is 0.237. The molecule has 5 heteroatoms. The van der Waals surface area contributed by atoms with Gasteiger partial charge in [0.15, 0.2) is 0 Å². The van der Waals surface area contributed by atoms with Crippen LogP contribution in [0.5, 0.6) is 5.75 Å². The Hall–Kier alpha value is -0.770. The van der Waals surface area contributed by atoms with Gasteiger partial charge in [0, 0.05) is 11.1 Å². The molecule has 2 aromatic rings. The number of hydrogen-bond acceptors (Lipinski definition) is 1. The average Bonchev–Trinajstić information content (AvgIpc) is 2.42. The lowest BCUT2D eigenvalue weighted by Crippen LogP contribution is -1.98. The zero-order chi connectivity index (χ0) is 14.7. The van der Waals surface area contributed by atoms with Crippen LogP contribution < -0.4 is 4.74 Å². The molecule has 0 aliphatic rings. The maximum Gasteiger partial charge on any atom is 0.139 e. The Morgan fingerprint density at radius 2 is 1.95 bits per heavy atom. The summed E-state index contributed by atoms with van der Waals surface area (Å²) in [4.78, 5) is -0.237. The molecule has 20 heavy (non-hydrogen) atoms. The van der Waals surface area contributed by atoms with Crippen molar-refractivity contribution in [2.45, 2.75) is 11.8 Å². The Bertz CT molecular complexity index is 619. The van der Waals surface area contributed by atoms with Gasteiger partial charge in [-0.25, -0.2) is 4.39 Å². The maximum atomic E-state index is 13.3. The summed E-state index contributed by atoms with van der Waals surface area (Å²) in [5.74, 6) is 0.252. The largest absolute Gasteiger partial charge is 0.492 e. The maximum absolute atomic E-state index is 13.3. The van der Waals surface area contributed by atoms with E-state index in [2.05, 4.69) is 15.9 Å². The summed E-state index contributed by atoms with van der Waals surface area (Å²) in [6, 6.07) is 9.75. The number of hydrogen-bond donors (Lipinski definition) is 0. The van der Waals surface area contributed by atoms with Crippen molar-refractivity contribution in [3.63, 3.8) is 0 Å². The van der Waals surface area contributed by atoms with E-state index in [9.17, 15) is 4.39 Å². The first-order chi connectivity index (χ1) is 9.52. The van der Waals surface area contributed by atoms with Crippen molar-refractivity contribution in [3.05, 3.63) is 63.4 Å². The van der Waals surface area contributed by atoms with Crippen LogP contribution in [0.25, 0.3) is 0 Å². The van der Waals surface area contributed by atoms with Gasteiger partial charge in [-0.15, -0.1) is 0 Å². The first-order valence-corrected chi connectivity index (χ1v) is 7.71. The van der Waals surface area contributed by atoms with E-state index in [1.165, 1.54) is 12.1 Å². The Morgan fingerprint density at radius 1 is 1.20 bits per heavy atom. The van der Waals surface area contributed by atoms with Crippen LogP contribution >= 0.6 is 39.1 Å². The highest BCUT2D eigenvalue weighted by atomic mass is 79.9. The highest BCUT2D eigenvalue weighted by molar-refractivity contribution is 9.09. The fraction of sp³-hybridized carbons (Fsp3) is 0.200. The van der Waals surface area contributed by atoms with Gasteiger partial charge in [0.1, 0.15) is 11.6 Å². The van der Waals surface area contributed by atoms with Gasteiger partial charge in [-0.3, -0.25) is 0 Å². The van der Waals surface area contributed by atoms with Crippen LogP contribution in [-0.4, -0.2) is 6.61 Å². The van der Waals surface area contributed by atoms with Gasteiger partial charge < -0.3 is 4.74 Å². The average molecular weight is 378 g/mol. The molecule has 0 fully saturated rings. The quantitative estimate of drug-likeness (QED) is 0.592. The van der Waals surface area contributed by atoms with Gasteiger partial charge >= 0.3 is 0 Å². The second-order valence-electron chi connectivity index (χ2n) is 4.15. The van der Waals surface area contributed by atoms with Gasteiger partial charge in [0.2, 0.25) is 0 Å². The minimum atomic E-state index is -0.292. The van der Waals surface area contributed by atoms with E-state index >= 15 is 0 Å². The van der Waals surface area contributed by atoms with Crippen LogP contribution in [0.3, 0.4) is 0 Å². The van der Waals surface area contributed by atoms with Crippen LogP contribution in [-0.2, 0) is 0 Å². The van der Waals surface area contributed by atoms with Gasteiger partial charge in [0.25, 0.3) is 0 Å². The van der Waals surface area contributed by atoms with Crippen molar-refractivity contribution in [1.82, 2.24) is 0 Å². The fourth-order valence-corrected chi connectivity index (χ4v) is 3.13. The number of ether oxygens (including phenoxy) is 1. The zero-order valence-electron chi connectivity index (χ0n) is 10.7. The first kappa shape index (κ1) is 15.6. The Labute approximate surface area is 135 Å². The van der Waals surface area contributed by atoms with E-state index in [0.29, 0.717) is 22.4 Å². The third-order valence-corrected chi connectivity index (χ3v) is 4.41. The Morgan fingerprint density at radius 3 is 2.60 bits per heavy atom. The molecule has 2 rings (SSSR count). The number of halogens is 4. The molecule has 2 aromatic carbocycles. The predicted molar refractivity (Wildman–Crippen MR) is 84.8 cm³/mol. The van der Waals surface area contributed by atoms with Crippen LogP contribution in [0.1, 0.15) is 22.9 Å². The van der Waals surface area contributed by atoms with Gasteiger partial charge in [-0.2, -0.15) is 0 Å². The molecule has 0 aliphatic heterocycles. The fourth-order valence-electron chi connectivity index (χ4n) is 1.85. The molecule has 0 heterocycles. The second-order valence-corrected chi connectivity index (χ2v) is 5.88.